The molecule has 1 saturated carbocycles. The summed E-state index contributed by atoms with van der Waals surface area (Å²) in [7, 11) is 0. The number of amides is 1. The van der Waals surface area contributed by atoms with E-state index in [1.54, 1.807) is 4.68 Å². The Labute approximate surface area is 125 Å². The third kappa shape index (κ3) is 3.36. The molecule has 0 aromatic carbocycles. The van der Waals surface area contributed by atoms with Crippen LogP contribution in [0.4, 0.5) is 0 Å². The second-order valence-electron chi connectivity index (χ2n) is 5.14. The van der Waals surface area contributed by atoms with Crippen LogP contribution in [0.3, 0.4) is 0 Å². The van der Waals surface area contributed by atoms with Gasteiger partial charge in [0.25, 0.3) is 5.91 Å². The molecule has 1 fully saturated rings. The van der Waals surface area contributed by atoms with Gasteiger partial charge in [-0.3, -0.25) is 9.48 Å². The Morgan fingerprint density at radius 1 is 1.55 bits per heavy atom. The van der Waals surface area contributed by atoms with Crippen molar-refractivity contribution in [3.05, 3.63) is 17.5 Å². The Morgan fingerprint density at radius 3 is 2.75 bits per heavy atom. The number of aryl methyl sites for hydroxylation is 2. The van der Waals surface area contributed by atoms with Gasteiger partial charge in [0.05, 0.1) is 10.7 Å². The van der Waals surface area contributed by atoms with Gasteiger partial charge in [-0.2, -0.15) is 5.10 Å². The molecule has 2 N–H and O–H groups in total. The maximum atomic E-state index is 12.7. The van der Waals surface area contributed by atoms with Gasteiger partial charge >= 0.3 is 0 Å². The van der Waals surface area contributed by atoms with Crippen LogP contribution in [-0.2, 0) is 13.0 Å². The normalized spacial score (nSPS) is 14.3. The van der Waals surface area contributed by atoms with Crippen LogP contribution < -0.4 is 5.73 Å². The summed E-state index contributed by atoms with van der Waals surface area (Å²) in [5.41, 5.74) is 7.20. The molecule has 0 atom stereocenters. The predicted octanol–water partition coefficient (Wildman–Crippen LogP) is 1.75. The lowest BCUT2D eigenvalue weighted by Gasteiger charge is -2.22. The minimum atomic E-state index is 0.0535. The molecule has 110 valence electrons. The summed E-state index contributed by atoms with van der Waals surface area (Å²) in [6.07, 6.45) is 3.57. The van der Waals surface area contributed by atoms with Gasteiger partial charge in [0.15, 0.2) is 0 Å². The highest BCUT2D eigenvalue weighted by Gasteiger charge is 2.34. The average molecular weight is 294 g/mol. The van der Waals surface area contributed by atoms with Crippen LogP contribution in [0.25, 0.3) is 0 Å². The highest BCUT2D eigenvalue weighted by Crippen LogP contribution is 2.28. The number of carbonyl (C=O) groups is 1. The van der Waals surface area contributed by atoms with Gasteiger partial charge in [-0.1, -0.05) is 19.1 Å². The molecule has 2 rings (SSSR count). The first kappa shape index (κ1) is 15.0. The highest BCUT2D eigenvalue weighted by molar-refractivity contribution is 7.80. The lowest BCUT2D eigenvalue weighted by atomic mass is 10.2. The van der Waals surface area contributed by atoms with Crippen molar-refractivity contribution in [3.8, 4) is 0 Å². The minimum Gasteiger partial charge on any atom is -0.393 e. The molecule has 0 bridgehead atoms. The molecule has 0 unspecified atom stereocenters. The number of rotatable bonds is 7. The Morgan fingerprint density at radius 2 is 2.25 bits per heavy atom. The fraction of sp³-hybridized carbons (Fsp3) is 0.643. The first-order chi connectivity index (χ1) is 9.56. The fourth-order valence-electron chi connectivity index (χ4n) is 2.27. The Hall–Kier alpha value is -1.43. The van der Waals surface area contributed by atoms with Crippen LogP contribution in [0, 0.1) is 0 Å². The van der Waals surface area contributed by atoms with Crippen molar-refractivity contribution in [1.29, 1.82) is 0 Å². The van der Waals surface area contributed by atoms with Crippen LogP contribution in [0.1, 0.15) is 49.3 Å². The minimum absolute atomic E-state index is 0.0535. The van der Waals surface area contributed by atoms with Gasteiger partial charge in [0.1, 0.15) is 5.69 Å². The van der Waals surface area contributed by atoms with E-state index in [0.29, 0.717) is 36.2 Å². The van der Waals surface area contributed by atoms with Crippen molar-refractivity contribution in [2.24, 2.45) is 5.73 Å². The van der Waals surface area contributed by atoms with Crippen molar-refractivity contribution in [2.45, 2.75) is 52.1 Å². The van der Waals surface area contributed by atoms with Crippen LogP contribution in [0.2, 0.25) is 0 Å². The number of nitrogens with two attached hydrogens (primary N) is 1. The van der Waals surface area contributed by atoms with Gasteiger partial charge in [0, 0.05) is 25.6 Å². The van der Waals surface area contributed by atoms with E-state index in [9.17, 15) is 4.79 Å². The van der Waals surface area contributed by atoms with Crippen molar-refractivity contribution in [1.82, 2.24) is 14.7 Å². The molecule has 0 aliphatic heterocycles. The second-order valence-corrected chi connectivity index (χ2v) is 5.66. The quantitative estimate of drug-likeness (QED) is 0.778. The topological polar surface area (TPSA) is 64.2 Å². The molecule has 1 aromatic rings. The summed E-state index contributed by atoms with van der Waals surface area (Å²) < 4.78 is 1.79. The maximum Gasteiger partial charge on any atom is 0.272 e. The molecule has 5 nitrogen and oxygen atoms in total. The fourth-order valence-corrected chi connectivity index (χ4v) is 2.36. The van der Waals surface area contributed by atoms with Gasteiger partial charge in [-0.25, -0.2) is 0 Å². The maximum absolute atomic E-state index is 12.7. The van der Waals surface area contributed by atoms with Gasteiger partial charge < -0.3 is 10.6 Å². The molecule has 0 radical (unpaired) electrons. The van der Waals surface area contributed by atoms with E-state index in [1.807, 2.05) is 24.8 Å². The zero-order valence-corrected chi connectivity index (χ0v) is 12.9. The average Bonchev–Trinajstić information content (AvgIpc) is 3.16. The van der Waals surface area contributed by atoms with Crippen LogP contribution in [0.5, 0.6) is 0 Å². The monoisotopic (exact) mass is 294 g/mol. The molecule has 6 heteroatoms. The number of hydrogen-bond donors (Lipinski definition) is 1. The highest BCUT2D eigenvalue weighted by atomic mass is 32.1. The first-order valence-corrected chi connectivity index (χ1v) is 7.63. The molecular weight excluding hydrogens is 272 g/mol. The molecule has 20 heavy (non-hydrogen) atoms. The lowest BCUT2D eigenvalue weighted by Crippen LogP contribution is -2.36. The van der Waals surface area contributed by atoms with Crippen molar-refractivity contribution < 1.29 is 4.79 Å². The summed E-state index contributed by atoms with van der Waals surface area (Å²) in [6.45, 7) is 5.35. The van der Waals surface area contributed by atoms with Gasteiger partial charge in [-0.15, -0.1) is 0 Å². The summed E-state index contributed by atoms with van der Waals surface area (Å²) in [5, 5.41) is 4.44. The number of nitrogens with zero attached hydrogens (tertiary/aromatic N) is 3. The summed E-state index contributed by atoms with van der Waals surface area (Å²) >= 11 is 4.92. The van der Waals surface area contributed by atoms with E-state index in [1.165, 1.54) is 0 Å². The smallest absolute Gasteiger partial charge is 0.272 e. The summed E-state index contributed by atoms with van der Waals surface area (Å²) in [4.78, 5) is 15.1. The van der Waals surface area contributed by atoms with Gasteiger partial charge in [-0.05, 0) is 32.3 Å². The van der Waals surface area contributed by atoms with E-state index < -0.39 is 0 Å². The molecule has 0 spiro atoms. The van der Waals surface area contributed by atoms with Crippen molar-refractivity contribution >= 4 is 23.1 Å². The third-order valence-electron chi connectivity index (χ3n) is 3.56. The van der Waals surface area contributed by atoms with Crippen molar-refractivity contribution in [3.63, 3.8) is 0 Å². The van der Waals surface area contributed by atoms with E-state index in [-0.39, 0.29) is 5.91 Å². The molecule has 1 aliphatic carbocycles. The second kappa shape index (κ2) is 6.35. The number of carbonyl (C=O) groups excluding carboxylic acids is 1. The summed E-state index contributed by atoms with van der Waals surface area (Å²) in [6, 6.07) is 2.25. The van der Waals surface area contributed by atoms with E-state index in [2.05, 4.69) is 5.10 Å². The molecule has 1 amide bonds. The standard InChI is InChI=1S/C14H22N4OS/c1-3-10-9-12(18(4-2)16-10)14(19)17(11-5-6-11)8-7-13(15)20/h9,11H,3-8H2,1-2H3,(H2,15,20). The van der Waals surface area contributed by atoms with Gasteiger partial charge in [0.2, 0.25) is 0 Å². The molecule has 0 saturated heterocycles. The number of aromatic nitrogens is 2. The Bertz CT molecular complexity index is 507. The predicted molar refractivity (Wildman–Crippen MR) is 82.7 cm³/mol. The lowest BCUT2D eigenvalue weighted by molar-refractivity contribution is 0.0735. The van der Waals surface area contributed by atoms with E-state index in [4.69, 9.17) is 18.0 Å². The SMILES string of the molecule is CCc1cc(C(=O)N(CCC(N)=S)C2CC2)n(CC)n1. The molecule has 1 aliphatic rings. The Balaban J connectivity index is 2.18. The van der Waals surface area contributed by atoms with Crippen molar-refractivity contribution in [2.75, 3.05) is 6.54 Å². The van der Waals surface area contributed by atoms with E-state index >= 15 is 0 Å². The van der Waals surface area contributed by atoms with Crippen LogP contribution in [-0.4, -0.2) is 38.2 Å². The number of thiocarbonyl (C=S) groups is 1. The molecular formula is C14H22N4OS. The molecule has 1 aromatic heterocycles. The van der Waals surface area contributed by atoms with E-state index in [0.717, 1.165) is 25.0 Å². The largest absolute Gasteiger partial charge is 0.393 e. The zero-order chi connectivity index (χ0) is 14.7. The van der Waals surface area contributed by atoms with Crippen LogP contribution in [0.15, 0.2) is 6.07 Å². The first-order valence-electron chi connectivity index (χ1n) is 7.22. The Kier molecular flexibility index (Phi) is 4.75. The third-order valence-corrected chi connectivity index (χ3v) is 3.76. The number of hydrogen-bond acceptors (Lipinski definition) is 3. The molecule has 1 heterocycles. The summed E-state index contributed by atoms with van der Waals surface area (Å²) in [5.74, 6) is 0.0535. The zero-order valence-electron chi connectivity index (χ0n) is 12.1. The van der Waals surface area contributed by atoms with Crippen LogP contribution >= 0.6 is 12.2 Å².